The van der Waals surface area contributed by atoms with Gasteiger partial charge in [-0.1, -0.05) is 12.8 Å². The largest absolute Gasteiger partial charge is 0.356 e. The van der Waals surface area contributed by atoms with Crippen molar-refractivity contribution in [3.8, 4) is 0 Å². The predicted octanol–water partition coefficient (Wildman–Crippen LogP) is 2.37. The standard InChI is InChI=1S/C17H34N2O4/c1-5-18-15(20)10-8-6-7-9-11-16(21)19-12-13-22-14-23-17(2,3)4/h5-14H2,1-4H3,(H,18,20)(H,19,21). The topological polar surface area (TPSA) is 76.7 Å². The number of rotatable bonds is 13. The van der Waals surface area contributed by atoms with E-state index in [1.807, 2.05) is 27.7 Å². The van der Waals surface area contributed by atoms with Crippen LogP contribution in [0, 0.1) is 0 Å². The summed E-state index contributed by atoms with van der Waals surface area (Å²) in [5.41, 5.74) is -0.208. The molecule has 0 aliphatic carbocycles. The van der Waals surface area contributed by atoms with Gasteiger partial charge in [0.05, 0.1) is 12.2 Å². The molecule has 0 fully saturated rings. The Balaban J connectivity index is 3.33. The van der Waals surface area contributed by atoms with E-state index in [4.69, 9.17) is 9.47 Å². The Labute approximate surface area is 140 Å². The fourth-order valence-corrected chi connectivity index (χ4v) is 1.84. The summed E-state index contributed by atoms with van der Waals surface area (Å²) < 4.78 is 10.7. The lowest BCUT2D eigenvalue weighted by atomic mass is 10.1. The second-order valence-electron chi connectivity index (χ2n) is 6.50. The van der Waals surface area contributed by atoms with Gasteiger partial charge < -0.3 is 20.1 Å². The zero-order chi connectivity index (χ0) is 17.6. The molecule has 0 heterocycles. The first-order valence-electron chi connectivity index (χ1n) is 8.60. The lowest BCUT2D eigenvalue weighted by molar-refractivity contribution is -0.126. The van der Waals surface area contributed by atoms with E-state index in [1.165, 1.54) is 0 Å². The van der Waals surface area contributed by atoms with E-state index in [0.717, 1.165) is 25.7 Å². The van der Waals surface area contributed by atoms with E-state index in [9.17, 15) is 9.59 Å². The fraction of sp³-hybridized carbons (Fsp3) is 0.882. The van der Waals surface area contributed by atoms with Crippen LogP contribution >= 0.6 is 0 Å². The molecular weight excluding hydrogens is 296 g/mol. The molecule has 0 unspecified atom stereocenters. The molecule has 0 bridgehead atoms. The number of amides is 2. The van der Waals surface area contributed by atoms with Crippen LogP contribution < -0.4 is 10.6 Å². The predicted molar refractivity (Wildman–Crippen MR) is 91.1 cm³/mol. The fourth-order valence-electron chi connectivity index (χ4n) is 1.84. The molecule has 2 N–H and O–H groups in total. The summed E-state index contributed by atoms with van der Waals surface area (Å²) in [5, 5.41) is 5.60. The first-order chi connectivity index (χ1) is 10.8. The molecular formula is C17H34N2O4. The summed E-state index contributed by atoms with van der Waals surface area (Å²) in [6.07, 6.45) is 4.80. The number of carbonyl (C=O) groups excluding carboxylic acids is 2. The third kappa shape index (κ3) is 17.1. The number of nitrogens with one attached hydrogen (secondary N) is 2. The van der Waals surface area contributed by atoms with Crippen molar-refractivity contribution in [3.05, 3.63) is 0 Å². The second kappa shape index (κ2) is 13.3. The Morgan fingerprint density at radius 3 is 2.00 bits per heavy atom. The first kappa shape index (κ1) is 21.9. The van der Waals surface area contributed by atoms with Crippen LogP contribution in [-0.4, -0.2) is 43.9 Å². The molecule has 136 valence electrons. The van der Waals surface area contributed by atoms with Gasteiger partial charge in [0.2, 0.25) is 11.8 Å². The maximum absolute atomic E-state index is 11.6. The Morgan fingerprint density at radius 2 is 1.48 bits per heavy atom. The summed E-state index contributed by atoms with van der Waals surface area (Å²) in [5.74, 6) is 0.162. The summed E-state index contributed by atoms with van der Waals surface area (Å²) in [6, 6.07) is 0. The van der Waals surface area contributed by atoms with Crippen molar-refractivity contribution in [1.29, 1.82) is 0 Å². The van der Waals surface area contributed by atoms with Gasteiger partial charge in [-0.2, -0.15) is 0 Å². The highest BCUT2D eigenvalue weighted by Gasteiger charge is 2.09. The van der Waals surface area contributed by atoms with Crippen molar-refractivity contribution in [2.75, 3.05) is 26.5 Å². The maximum Gasteiger partial charge on any atom is 0.220 e. The molecule has 0 aromatic carbocycles. The van der Waals surface area contributed by atoms with Crippen LogP contribution in [0.4, 0.5) is 0 Å². The minimum atomic E-state index is -0.208. The highest BCUT2D eigenvalue weighted by Crippen LogP contribution is 2.06. The molecule has 0 radical (unpaired) electrons. The molecule has 0 aromatic rings. The highest BCUT2D eigenvalue weighted by atomic mass is 16.7. The van der Waals surface area contributed by atoms with Crippen LogP contribution in [-0.2, 0) is 19.1 Å². The average molecular weight is 330 g/mol. The third-order valence-corrected chi connectivity index (χ3v) is 3.08. The van der Waals surface area contributed by atoms with Gasteiger partial charge in [0.1, 0.15) is 6.79 Å². The van der Waals surface area contributed by atoms with Gasteiger partial charge >= 0.3 is 0 Å². The van der Waals surface area contributed by atoms with Gasteiger partial charge in [-0.25, -0.2) is 0 Å². The average Bonchev–Trinajstić information content (AvgIpc) is 2.45. The van der Waals surface area contributed by atoms with Crippen molar-refractivity contribution in [2.24, 2.45) is 0 Å². The molecule has 0 atom stereocenters. The van der Waals surface area contributed by atoms with E-state index in [1.54, 1.807) is 0 Å². The molecule has 0 aliphatic rings. The molecule has 2 amide bonds. The van der Waals surface area contributed by atoms with Gasteiger partial charge in [0, 0.05) is 25.9 Å². The maximum atomic E-state index is 11.6. The molecule has 0 saturated heterocycles. The number of ether oxygens (including phenoxy) is 2. The molecule has 0 aliphatic heterocycles. The smallest absolute Gasteiger partial charge is 0.220 e. The van der Waals surface area contributed by atoms with Crippen molar-refractivity contribution in [3.63, 3.8) is 0 Å². The van der Waals surface area contributed by atoms with Crippen LogP contribution in [0.25, 0.3) is 0 Å². The van der Waals surface area contributed by atoms with Crippen molar-refractivity contribution < 1.29 is 19.1 Å². The first-order valence-corrected chi connectivity index (χ1v) is 8.60. The summed E-state index contributed by atoms with van der Waals surface area (Å²) in [4.78, 5) is 22.8. The van der Waals surface area contributed by atoms with Crippen molar-refractivity contribution >= 4 is 11.8 Å². The van der Waals surface area contributed by atoms with Crippen molar-refractivity contribution in [2.45, 2.75) is 71.8 Å². The number of hydrogen-bond acceptors (Lipinski definition) is 4. The molecule has 6 heteroatoms. The van der Waals surface area contributed by atoms with Gasteiger partial charge in [0.25, 0.3) is 0 Å². The quantitative estimate of drug-likeness (QED) is 0.401. The Bertz CT molecular complexity index is 327. The van der Waals surface area contributed by atoms with Gasteiger partial charge in [-0.05, 0) is 40.5 Å². The van der Waals surface area contributed by atoms with E-state index >= 15 is 0 Å². The highest BCUT2D eigenvalue weighted by molar-refractivity contribution is 5.76. The zero-order valence-electron chi connectivity index (χ0n) is 15.2. The SMILES string of the molecule is CCNC(=O)CCCCCCC(=O)NCCOCOC(C)(C)C. The molecule has 23 heavy (non-hydrogen) atoms. The molecule has 0 rings (SSSR count). The molecule has 0 saturated carbocycles. The Morgan fingerprint density at radius 1 is 0.913 bits per heavy atom. The minimum absolute atomic E-state index is 0.0501. The number of unbranched alkanes of at least 4 members (excludes halogenated alkanes) is 3. The van der Waals surface area contributed by atoms with E-state index in [2.05, 4.69) is 10.6 Å². The van der Waals surface area contributed by atoms with Crippen LogP contribution in [0.2, 0.25) is 0 Å². The van der Waals surface area contributed by atoms with Gasteiger partial charge in [-0.3, -0.25) is 9.59 Å². The van der Waals surface area contributed by atoms with E-state index in [0.29, 0.717) is 32.5 Å². The minimum Gasteiger partial charge on any atom is -0.356 e. The Kier molecular flexibility index (Phi) is 12.7. The number of hydrogen-bond donors (Lipinski definition) is 2. The monoisotopic (exact) mass is 330 g/mol. The normalized spacial score (nSPS) is 11.3. The van der Waals surface area contributed by atoms with Gasteiger partial charge in [0.15, 0.2) is 0 Å². The van der Waals surface area contributed by atoms with Crippen LogP contribution in [0.5, 0.6) is 0 Å². The summed E-state index contributed by atoms with van der Waals surface area (Å²) in [7, 11) is 0. The van der Waals surface area contributed by atoms with E-state index < -0.39 is 0 Å². The lowest BCUT2D eigenvalue weighted by Gasteiger charge is -2.19. The van der Waals surface area contributed by atoms with Gasteiger partial charge in [-0.15, -0.1) is 0 Å². The third-order valence-electron chi connectivity index (χ3n) is 3.08. The summed E-state index contributed by atoms with van der Waals surface area (Å²) in [6.45, 7) is 9.70. The zero-order valence-corrected chi connectivity index (χ0v) is 15.2. The van der Waals surface area contributed by atoms with Crippen LogP contribution in [0.1, 0.15) is 66.2 Å². The summed E-state index contributed by atoms with van der Waals surface area (Å²) >= 11 is 0. The molecule has 0 spiro atoms. The lowest BCUT2D eigenvalue weighted by Crippen LogP contribution is -2.28. The second-order valence-corrected chi connectivity index (χ2v) is 6.50. The van der Waals surface area contributed by atoms with E-state index in [-0.39, 0.29) is 24.2 Å². The Hall–Kier alpha value is -1.14. The van der Waals surface area contributed by atoms with Crippen LogP contribution in [0.15, 0.2) is 0 Å². The number of carbonyl (C=O) groups is 2. The van der Waals surface area contributed by atoms with Crippen molar-refractivity contribution in [1.82, 2.24) is 10.6 Å². The molecule has 0 aromatic heterocycles. The molecule has 6 nitrogen and oxygen atoms in total. The van der Waals surface area contributed by atoms with Crippen LogP contribution in [0.3, 0.4) is 0 Å².